The molecular formula is C21H22F2N2O3S2. The highest BCUT2D eigenvalue weighted by molar-refractivity contribution is 7.92. The molecule has 30 heavy (non-hydrogen) atoms. The number of carbonyl (C=O) groups is 1. The van der Waals surface area contributed by atoms with Crippen LogP contribution in [0.1, 0.15) is 36.1 Å². The molecule has 3 atom stereocenters. The predicted molar refractivity (Wildman–Crippen MR) is 113 cm³/mol. The number of allylic oxidation sites excluding steroid dienone is 1. The van der Waals surface area contributed by atoms with Crippen molar-refractivity contribution in [3.8, 4) is 0 Å². The van der Waals surface area contributed by atoms with Crippen molar-refractivity contribution in [3.05, 3.63) is 47.0 Å². The minimum absolute atomic E-state index is 0.0163. The smallest absolute Gasteiger partial charge is 0.257 e. The molecule has 1 N–H and O–H groups in total. The number of carbonyl (C=O) groups excluding carboxylic acids is 1. The van der Waals surface area contributed by atoms with Gasteiger partial charge in [0.1, 0.15) is 12.3 Å². The lowest BCUT2D eigenvalue weighted by molar-refractivity contribution is -0.111. The van der Waals surface area contributed by atoms with Crippen LogP contribution in [0.25, 0.3) is 5.57 Å². The molecular weight excluding hydrogens is 430 g/mol. The van der Waals surface area contributed by atoms with E-state index >= 15 is 0 Å². The van der Waals surface area contributed by atoms with Gasteiger partial charge in [0.15, 0.2) is 15.0 Å². The maximum absolute atomic E-state index is 13.7. The van der Waals surface area contributed by atoms with Gasteiger partial charge in [-0.25, -0.2) is 22.2 Å². The Bertz CT molecular complexity index is 1070. The molecule has 2 fully saturated rings. The van der Waals surface area contributed by atoms with Gasteiger partial charge >= 0.3 is 0 Å². The molecule has 0 bridgehead atoms. The molecule has 2 aliphatic carbocycles. The number of aryl methyl sites for hydroxylation is 1. The van der Waals surface area contributed by atoms with Crippen molar-refractivity contribution in [3.63, 3.8) is 0 Å². The molecule has 0 spiro atoms. The molecule has 1 amide bonds. The first-order valence-electron chi connectivity index (χ1n) is 9.82. The normalized spacial score (nSPS) is 24.8. The highest BCUT2D eigenvalue weighted by Gasteiger charge is 2.37. The van der Waals surface area contributed by atoms with Crippen molar-refractivity contribution >= 4 is 37.8 Å². The zero-order chi connectivity index (χ0) is 21.5. The molecule has 1 unspecified atom stereocenters. The minimum Gasteiger partial charge on any atom is -0.298 e. The Balaban J connectivity index is 1.63. The van der Waals surface area contributed by atoms with Crippen LogP contribution in [-0.4, -0.2) is 36.9 Å². The summed E-state index contributed by atoms with van der Waals surface area (Å²) in [5, 5.41) is 2.83. The lowest BCUT2D eigenvalue weighted by Gasteiger charge is -2.12. The highest BCUT2D eigenvalue weighted by atomic mass is 32.2. The van der Waals surface area contributed by atoms with Gasteiger partial charge in [0.25, 0.3) is 5.91 Å². The molecule has 2 aliphatic rings. The number of nitrogens with one attached hydrogen (secondary N) is 1. The number of hydrogen-bond donors (Lipinski definition) is 1. The number of rotatable bonds is 6. The second-order valence-electron chi connectivity index (χ2n) is 7.84. The summed E-state index contributed by atoms with van der Waals surface area (Å²) >= 11 is 1.32. The van der Waals surface area contributed by atoms with E-state index < -0.39 is 34.0 Å². The standard InChI is InChI=1S/C21H22F2N2O3S2/c1-12-11-24-21(29-12)25-20(26)17(8-13-9-18(22)19(23)10-13)14-2-4-15(5-3-14)30(27,28)16-6-7-16/h2-5,8,11,13,16,18-19H,6-7,9-10H2,1H3,(H,24,25,26)/b17-8+/t13?,18-,19+. The Morgan fingerprint density at radius 1 is 1.17 bits per heavy atom. The first-order chi connectivity index (χ1) is 14.2. The lowest BCUT2D eigenvalue weighted by atomic mass is 9.98. The van der Waals surface area contributed by atoms with E-state index in [1.54, 1.807) is 24.4 Å². The van der Waals surface area contributed by atoms with Crippen LogP contribution in [0.5, 0.6) is 0 Å². The number of thiazole rings is 1. The van der Waals surface area contributed by atoms with Gasteiger partial charge in [-0.2, -0.15) is 0 Å². The molecule has 9 heteroatoms. The van der Waals surface area contributed by atoms with Gasteiger partial charge < -0.3 is 0 Å². The van der Waals surface area contributed by atoms with Gasteiger partial charge in [-0.05, 0) is 56.2 Å². The van der Waals surface area contributed by atoms with Crippen LogP contribution in [-0.2, 0) is 14.6 Å². The quantitative estimate of drug-likeness (QED) is 0.655. The van der Waals surface area contributed by atoms with E-state index in [1.807, 2.05) is 6.92 Å². The van der Waals surface area contributed by atoms with E-state index in [-0.39, 0.29) is 28.6 Å². The third kappa shape index (κ3) is 4.46. The van der Waals surface area contributed by atoms with E-state index in [9.17, 15) is 22.0 Å². The molecule has 5 nitrogen and oxygen atoms in total. The number of amides is 1. The number of sulfone groups is 1. The fourth-order valence-electron chi connectivity index (χ4n) is 3.62. The van der Waals surface area contributed by atoms with Gasteiger partial charge in [0.2, 0.25) is 0 Å². The number of anilines is 1. The minimum atomic E-state index is -3.34. The molecule has 0 saturated heterocycles. The summed E-state index contributed by atoms with van der Waals surface area (Å²) in [6, 6.07) is 6.12. The monoisotopic (exact) mass is 452 g/mol. The van der Waals surface area contributed by atoms with Crippen LogP contribution >= 0.6 is 11.3 Å². The second kappa shape index (κ2) is 8.19. The predicted octanol–water partition coefficient (Wildman–Crippen LogP) is 4.50. The molecule has 1 heterocycles. The van der Waals surface area contributed by atoms with Crippen LogP contribution in [0.4, 0.5) is 13.9 Å². The van der Waals surface area contributed by atoms with Gasteiger partial charge in [-0.1, -0.05) is 18.2 Å². The van der Waals surface area contributed by atoms with Crippen molar-refractivity contribution in [2.75, 3.05) is 5.32 Å². The molecule has 1 aromatic heterocycles. The molecule has 1 aromatic carbocycles. The van der Waals surface area contributed by atoms with Gasteiger partial charge in [-0.15, -0.1) is 11.3 Å². The van der Waals surface area contributed by atoms with E-state index in [0.717, 1.165) is 4.88 Å². The van der Waals surface area contributed by atoms with E-state index in [1.165, 1.54) is 23.5 Å². The number of hydrogen-bond acceptors (Lipinski definition) is 5. The van der Waals surface area contributed by atoms with Crippen molar-refractivity contribution in [2.45, 2.75) is 55.1 Å². The zero-order valence-corrected chi connectivity index (χ0v) is 18.0. The topological polar surface area (TPSA) is 76.1 Å². The maximum atomic E-state index is 13.7. The summed E-state index contributed by atoms with van der Waals surface area (Å²) in [4.78, 5) is 18.2. The molecule has 2 saturated carbocycles. The first-order valence-corrected chi connectivity index (χ1v) is 12.2. The largest absolute Gasteiger partial charge is 0.298 e. The molecule has 2 aromatic rings. The van der Waals surface area contributed by atoms with Gasteiger partial charge in [-0.3, -0.25) is 10.1 Å². The van der Waals surface area contributed by atoms with Crippen molar-refractivity contribution in [2.24, 2.45) is 5.92 Å². The Morgan fingerprint density at radius 3 is 2.33 bits per heavy atom. The van der Waals surface area contributed by atoms with Crippen molar-refractivity contribution in [1.29, 1.82) is 0 Å². The summed E-state index contributed by atoms with van der Waals surface area (Å²) in [5.74, 6) is -0.858. The zero-order valence-electron chi connectivity index (χ0n) is 16.3. The number of nitrogens with zero attached hydrogens (tertiary/aromatic N) is 1. The Labute approximate surface area is 178 Å². The average molecular weight is 453 g/mol. The second-order valence-corrected chi connectivity index (χ2v) is 11.3. The van der Waals surface area contributed by atoms with Crippen LogP contribution < -0.4 is 5.32 Å². The van der Waals surface area contributed by atoms with Crippen molar-refractivity contribution < 1.29 is 22.0 Å². The number of halogens is 2. The van der Waals surface area contributed by atoms with Crippen LogP contribution in [0.2, 0.25) is 0 Å². The summed E-state index contributed by atoms with van der Waals surface area (Å²) in [7, 11) is -3.34. The summed E-state index contributed by atoms with van der Waals surface area (Å²) in [5.41, 5.74) is 0.748. The highest BCUT2D eigenvalue weighted by Crippen LogP contribution is 2.36. The summed E-state index contributed by atoms with van der Waals surface area (Å²) < 4.78 is 52.2. The van der Waals surface area contributed by atoms with E-state index in [4.69, 9.17) is 0 Å². The molecule has 160 valence electrons. The van der Waals surface area contributed by atoms with Crippen LogP contribution in [0, 0.1) is 12.8 Å². The average Bonchev–Trinajstić information content (AvgIpc) is 3.42. The fraction of sp³-hybridized carbons (Fsp3) is 0.429. The third-order valence-electron chi connectivity index (χ3n) is 5.39. The molecule has 0 aliphatic heterocycles. The Morgan fingerprint density at radius 2 is 1.80 bits per heavy atom. The molecule has 0 radical (unpaired) electrons. The molecule has 4 rings (SSSR count). The number of aromatic nitrogens is 1. The lowest BCUT2D eigenvalue weighted by Crippen LogP contribution is -2.15. The Kier molecular flexibility index (Phi) is 5.76. The number of benzene rings is 1. The first kappa shape index (κ1) is 21.1. The van der Waals surface area contributed by atoms with E-state index in [0.29, 0.717) is 23.5 Å². The van der Waals surface area contributed by atoms with Crippen LogP contribution in [0.3, 0.4) is 0 Å². The van der Waals surface area contributed by atoms with E-state index in [2.05, 4.69) is 10.3 Å². The number of alkyl halides is 2. The van der Waals surface area contributed by atoms with Crippen molar-refractivity contribution in [1.82, 2.24) is 4.98 Å². The fourth-order valence-corrected chi connectivity index (χ4v) is 5.93. The maximum Gasteiger partial charge on any atom is 0.257 e. The van der Waals surface area contributed by atoms with Crippen LogP contribution in [0.15, 0.2) is 41.4 Å². The summed E-state index contributed by atoms with van der Waals surface area (Å²) in [6.07, 6.45) is 1.52. The Hall–Kier alpha value is -2.13. The van der Waals surface area contributed by atoms with Gasteiger partial charge in [0, 0.05) is 16.6 Å². The third-order valence-corrected chi connectivity index (χ3v) is 8.50. The van der Waals surface area contributed by atoms with Gasteiger partial charge in [0.05, 0.1) is 10.1 Å². The SMILES string of the molecule is Cc1cnc(NC(=O)/C(=C/C2C[C@@H](F)[C@@H](F)C2)c2ccc(S(=O)(=O)C3CC3)cc2)s1. The summed E-state index contributed by atoms with van der Waals surface area (Å²) in [6.45, 7) is 1.87.